The molecule has 10 atom stereocenters. The molecule has 3 N–H and O–H groups in total. The van der Waals surface area contributed by atoms with Crippen molar-refractivity contribution >= 4 is 0 Å². The Morgan fingerprint density at radius 1 is 0.968 bits per heavy atom. The summed E-state index contributed by atoms with van der Waals surface area (Å²) in [7, 11) is 0. The van der Waals surface area contributed by atoms with Crippen LogP contribution in [0.5, 0.6) is 0 Å². The van der Waals surface area contributed by atoms with Crippen molar-refractivity contribution in [3.63, 3.8) is 0 Å². The summed E-state index contributed by atoms with van der Waals surface area (Å²) in [5.74, 6) is 3.15. The van der Waals surface area contributed by atoms with E-state index in [2.05, 4.69) is 41.5 Å². The summed E-state index contributed by atoms with van der Waals surface area (Å²) >= 11 is 0. The Morgan fingerprint density at radius 2 is 1.58 bits per heavy atom. The molecule has 3 fully saturated rings. The Hall–Kier alpha value is -0.120. The predicted octanol–water partition coefficient (Wildman–Crippen LogP) is 6.19. The number of aliphatic hydroxyl groups excluding tert-OH is 2. The van der Waals surface area contributed by atoms with Crippen LogP contribution in [0.15, 0.2) is 0 Å². The lowest BCUT2D eigenvalue weighted by atomic mass is 9.48. The first-order valence-electron chi connectivity index (χ1n) is 13.4. The second-order valence-electron chi connectivity index (χ2n) is 13.2. The third-order valence-corrected chi connectivity index (χ3v) is 10.7. The Kier molecular flexibility index (Phi) is 7.62. The molecule has 0 aliphatic heterocycles. The molecule has 0 aromatic heterocycles. The van der Waals surface area contributed by atoms with Gasteiger partial charge in [0.05, 0.1) is 17.8 Å². The van der Waals surface area contributed by atoms with Gasteiger partial charge in [-0.1, -0.05) is 47.5 Å². The lowest BCUT2D eigenvalue weighted by Gasteiger charge is -2.58. The van der Waals surface area contributed by atoms with Gasteiger partial charge in [-0.25, -0.2) is 0 Å². The van der Waals surface area contributed by atoms with E-state index in [9.17, 15) is 15.3 Å². The van der Waals surface area contributed by atoms with Crippen LogP contribution in [0.2, 0.25) is 0 Å². The molecule has 31 heavy (non-hydrogen) atoms. The van der Waals surface area contributed by atoms with Gasteiger partial charge in [-0.3, -0.25) is 0 Å². The molecule has 3 heteroatoms. The van der Waals surface area contributed by atoms with Crippen LogP contribution in [0.3, 0.4) is 0 Å². The molecule has 0 aromatic rings. The number of fused-ring (bicyclic) bond motifs is 1. The van der Waals surface area contributed by atoms with Crippen molar-refractivity contribution in [1.82, 2.24) is 0 Å². The maximum atomic E-state index is 11.6. The van der Waals surface area contributed by atoms with Gasteiger partial charge in [0.2, 0.25) is 0 Å². The molecule has 182 valence electrons. The zero-order valence-electron chi connectivity index (χ0n) is 21.5. The number of aliphatic hydroxyl groups is 3. The Morgan fingerprint density at radius 3 is 2.19 bits per heavy atom. The van der Waals surface area contributed by atoms with Crippen LogP contribution in [0.1, 0.15) is 113 Å². The quantitative estimate of drug-likeness (QED) is 0.446. The highest BCUT2D eigenvalue weighted by atomic mass is 16.3. The van der Waals surface area contributed by atoms with Crippen LogP contribution in [0.4, 0.5) is 0 Å². The fourth-order valence-electron chi connectivity index (χ4n) is 9.04. The molecule has 3 rings (SSSR count). The zero-order chi connectivity index (χ0) is 23.2. The highest BCUT2D eigenvalue weighted by molar-refractivity contribution is 5.09. The summed E-state index contributed by atoms with van der Waals surface area (Å²) < 4.78 is 0. The molecule has 10 unspecified atom stereocenters. The fraction of sp³-hybridized carbons (Fsp3) is 1.00. The molecule has 0 aromatic carbocycles. The summed E-state index contributed by atoms with van der Waals surface area (Å²) in [6.45, 7) is 16.0. The van der Waals surface area contributed by atoms with Crippen LogP contribution in [0, 0.1) is 46.3 Å². The van der Waals surface area contributed by atoms with E-state index in [1.807, 2.05) is 6.92 Å². The standard InChI is InChI=1S/C28H52O3/c1-18(2)9-8-14-28(7,31)25-11-10-22-19(3)23(13-16-27(22,25)6)26(5)15-12-21(30)17-24(26)20(4)29/h18-25,29-31H,8-17H2,1-7H3. The van der Waals surface area contributed by atoms with Gasteiger partial charge < -0.3 is 15.3 Å². The van der Waals surface area contributed by atoms with Crippen molar-refractivity contribution in [3.8, 4) is 0 Å². The van der Waals surface area contributed by atoms with Crippen molar-refractivity contribution in [3.05, 3.63) is 0 Å². The van der Waals surface area contributed by atoms with Crippen molar-refractivity contribution in [2.75, 3.05) is 0 Å². The van der Waals surface area contributed by atoms with E-state index >= 15 is 0 Å². The monoisotopic (exact) mass is 436 g/mol. The summed E-state index contributed by atoms with van der Waals surface area (Å²) in [6, 6.07) is 0. The van der Waals surface area contributed by atoms with E-state index in [0.29, 0.717) is 29.6 Å². The molecule has 0 bridgehead atoms. The minimum atomic E-state index is -0.564. The molecule has 0 spiro atoms. The van der Waals surface area contributed by atoms with E-state index < -0.39 is 5.60 Å². The van der Waals surface area contributed by atoms with E-state index in [-0.39, 0.29) is 29.0 Å². The van der Waals surface area contributed by atoms with Crippen molar-refractivity contribution in [2.45, 2.75) is 130 Å². The van der Waals surface area contributed by atoms with Crippen LogP contribution in [0.25, 0.3) is 0 Å². The second-order valence-corrected chi connectivity index (χ2v) is 13.2. The first-order chi connectivity index (χ1) is 14.3. The SMILES string of the molecule is CC(C)CCCC(C)(O)C1CCC2C(C)C(C3(C)CCC(O)CC3C(C)O)CCC21C. The third-order valence-electron chi connectivity index (χ3n) is 10.7. The van der Waals surface area contributed by atoms with E-state index in [1.54, 1.807) is 0 Å². The fourth-order valence-corrected chi connectivity index (χ4v) is 9.04. The minimum Gasteiger partial charge on any atom is -0.393 e. The van der Waals surface area contributed by atoms with Crippen molar-refractivity contribution in [1.29, 1.82) is 0 Å². The smallest absolute Gasteiger partial charge is 0.0653 e. The van der Waals surface area contributed by atoms with Gasteiger partial charge in [0, 0.05) is 0 Å². The maximum Gasteiger partial charge on any atom is 0.0653 e. The van der Waals surface area contributed by atoms with Gasteiger partial charge in [-0.15, -0.1) is 0 Å². The average Bonchev–Trinajstić information content (AvgIpc) is 3.02. The number of hydrogen-bond acceptors (Lipinski definition) is 3. The van der Waals surface area contributed by atoms with Gasteiger partial charge in [0.1, 0.15) is 0 Å². The largest absolute Gasteiger partial charge is 0.393 e. The van der Waals surface area contributed by atoms with Gasteiger partial charge in [0.25, 0.3) is 0 Å². The number of hydrogen-bond donors (Lipinski definition) is 3. The number of rotatable bonds is 7. The van der Waals surface area contributed by atoms with Crippen LogP contribution < -0.4 is 0 Å². The van der Waals surface area contributed by atoms with Crippen molar-refractivity contribution in [2.24, 2.45) is 46.3 Å². The molecule has 3 aliphatic carbocycles. The highest BCUT2D eigenvalue weighted by Gasteiger charge is 2.60. The van der Waals surface area contributed by atoms with Gasteiger partial charge >= 0.3 is 0 Å². The molecule has 3 aliphatic rings. The van der Waals surface area contributed by atoms with Gasteiger partial charge in [0.15, 0.2) is 0 Å². The molecule has 0 saturated heterocycles. The Bertz CT molecular complexity index is 599. The highest BCUT2D eigenvalue weighted by Crippen LogP contribution is 2.65. The van der Waals surface area contributed by atoms with Crippen LogP contribution >= 0.6 is 0 Å². The van der Waals surface area contributed by atoms with Crippen LogP contribution in [-0.4, -0.2) is 33.1 Å². The lowest BCUT2D eigenvalue weighted by Crippen LogP contribution is -2.54. The summed E-state index contributed by atoms with van der Waals surface area (Å²) in [5.41, 5.74) is -0.236. The molecule has 0 radical (unpaired) electrons. The topological polar surface area (TPSA) is 60.7 Å². The molecular formula is C28H52O3. The average molecular weight is 437 g/mol. The van der Waals surface area contributed by atoms with Crippen molar-refractivity contribution < 1.29 is 15.3 Å². The Balaban J connectivity index is 1.77. The molecule has 3 saturated carbocycles. The molecular weight excluding hydrogens is 384 g/mol. The maximum absolute atomic E-state index is 11.6. The predicted molar refractivity (Wildman–Crippen MR) is 129 cm³/mol. The third kappa shape index (κ3) is 4.76. The lowest BCUT2D eigenvalue weighted by molar-refractivity contribution is -0.133. The van der Waals surface area contributed by atoms with E-state index in [4.69, 9.17) is 0 Å². The van der Waals surface area contributed by atoms with Crippen LogP contribution in [-0.2, 0) is 0 Å². The summed E-state index contributed by atoms with van der Waals surface area (Å²) in [6.07, 6.45) is 10.1. The zero-order valence-corrected chi connectivity index (χ0v) is 21.5. The van der Waals surface area contributed by atoms with Gasteiger partial charge in [-0.2, -0.15) is 0 Å². The summed E-state index contributed by atoms with van der Waals surface area (Å²) in [5, 5.41) is 32.5. The Labute approximate surface area is 192 Å². The normalized spacial score (nSPS) is 46.5. The minimum absolute atomic E-state index is 0.103. The molecule has 0 amide bonds. The molecule has 3 nitrogen and oxygen atoms in total. The van der Waals surface area contributed by atoms with E-state index in [1.165, 1.54) is 25.7 Å². The summed E-state index contributed by atoms with van der Waals surface area (Å²) in [4.78, 5) is 0. The second kappa shape index (κ2) is 9.26. The first kappa shape index (κ1) is 25.5. The van der Waals surface area contributed by atoms with E-state index in [0.717, 1.165) is 38.5 Å². The first-order valence-corrected chi connectivity index (χ1v) is 13.4. The molecule has 0 heterocycles. The van der Waals surface area contributed by atoms with Gasteiger partial charge in [-0.05, 0) is 112 Å².